The van der Waals surface area contributed by atoms with Gasteiger partial charge < -0.3 is 14.7 Å². The average molecular weight is 372 g/mol. The summed E-state index contributed by atoms with van der Waals surface area (Å²) < 4.78 is 0. The first-order valence-electron chi connectivity index (χ1n) is 8.81. The van der Waals surface area contributed by atoms with Crippen molar-refractivity contribution in [2.24, 2.45) is 0 Å². The van der Waals surface area contributed by atoms with Crippen LogP contribution in [0.2, 0.25) is 5.02 Å². The lowest BCUT2D eigenvalue weighted by molar-refractivity contribution is 0.0750. The lowest BCUT2D eigenvalue weighted by atomic mass is 10.1. The van der Waals surface area contributed by atoms with Crippen molar-refractivity contribution in [2.75, 3.05) is 37.0 Å². The molecule has 1 fully saturated rings. The Morgan fingerprint density at radius 1 is 1.19 bits per heavy atom. The third-order valence-electron chi connectivity index (χ3n) is 5.00. The molecule has 2 aliphatic heterocycles. The van der Waals surface area contributed by atoms with Crippen LogP contribution in [0.5, 0.6) is 0 Å². The Balaban J connectivity index is 1.65. The van der Waals surface area contributed by atoms with Crippen molar-refractivity contribution in [1.29, 1.82) is 0 Å². The van der Waals surface area contributed by atoms with Gasteiger partial charge in [-0.15, -0.1) is 0 Å². The van der Waals surface area contributed by atoms with Crippen molar-refractivity contribution in [3.05, 3.63) is 45.6 Å². The molecule has 26 heavy (non-hydrogen) atoms. The van der Waals surface area contributed by atoms with Crippen molar-refractivity contribution >= 4 is 29.3 Å². The van der Waals surface area contributed by atoms with Crippen LogP contribution in [0.3, 0.4) is 0 Å². The predicted octanol–water partition coefficient (Wildman–Crippen LogP) is 2.87. The second kappa shape index (κ2) is 6.43. The SMILES string of the molecule is Cc1cc(C(=O)N2Cc3nc(N(C)C)nc(N4CCC4)c3C2)ccc1Cl. The molecule has 0 bridgehead atoms. The maximum atomic E-state index is 13.0. The second-order valence-corrected chi connectivity index (χ2v) is 7.54. The Morgan fingerprint density at radius 2 is 1.96 bits per heavy atom. The first kappa shape index (κ1) is 17.1. The minimum Gasteiger partial charge on any atom is -0.356 e. The number of benzene rings is 1. The number of aromatic nitrogens is 2. The van der Waals surface area contributed by atoms with Gasteiger partial charge in [0.2, 0.25) is 5.95 Å². The highest BCUT2D eigenvalue weighted by Gasteiger charge is 2.32. The number of fused-ring (bicyclic) bond motifs is 1. The van der Waals surface area contributed by atoms with E-state index in [2.05, 4.69) is 9.88 Å². The van der Waals surface area contributed by atoms with E-state index in [1.807, 2.05) is 36.9 Å². The van der Waals surface area contributed by atoms with Crippen LogP contribution in [-0.2, 0) is 13.1 Å². The highest BCUT2D eigenvalue weighted by atomic mass is 35.5. The zero-order chi connectivity index (χ0) is 18.4. The van der Waals surface area contributed by atoms with Gasteiger partial charge in [-0.25, -0.2) is 4.98 Å². The standard InChI is InChI=1S/C19H22ClN5O/c1-12-9-13(5-6-15(12)20)18(26)25-10-14-16(11-25)21-19(23(2)3)22-17(14)24-7-4-8-24/h5-6,9H,4,7-8,10-11H2,1-3H3. The molecule has 2 aromatic rings. The van der Waals surface area contributed by atoms with Crippen molar-refractivity contribution in [3.63, 3.8) is 0 Å². The van der Waals surface area contributed by atoms with Gasteiger partial charge in [0, 0.05) is 43.3 Å². The molecule has 0 unspecified atom stereocenters. The van der Waals surface area contributed by atoms with E-state index in [4.69, 9.17) is 16.6 Å². The molecule has 7 heteroatoms. The average Bonchev–Trinajstić information content (AvgIpc) is 2.99. The van der Waals surface area contributed by atoms with Crippen LogP contribution in [0, 0.1) is 6.92 Å². The van der Waals surface area contributed by atoms with Gasteiger partial charge in [0.05, 0.1) is 18.8 Å². The molecule has 0 radical (unpaired) electrons. The summed E-state index contributed by atoms with van der Waals surface area (Å²) in [5.74, 6) is 1.68. The van der Waals surface area contributed by atoms with Gasteiger partial charge in [-0.1, -0.05) is 11.6 Å². The molecule has 4 rings (SSSR count). The maximum Gasteiger partial charge on any atom is 0.254 e. The minimum atomic E-state index is 0.00345. The number of hydrogen-bond donors (Lipinski definition) is 0. The molecule has 1 saturated heterocycles. The first-order chi connectivity index (χ1) is 12.4. The number of nitrogens with zero attached hydrogens (tertiary/aromatic N) is 5. The Hall–Kier alpha value is -2.34. The van der Waals surface area contributed by atoms with E-state index in [9.17, 15) is 4.79 Å². The van der Waals surface area contributed by atoms with Gasteiger partial charge in [-0.3, -0.25) is 4.79 Å². The number of carbonyl (C=O) groups excluding carboxylic acids is 1. The summed E-state index contributed by atoms with van der Waals surface area (Å²) in [6.07, 6.45) is 1.18. The number of anilines is 2. The van der Waals surface area contributed by atoms with Crippen molar-refractivity contribution in [1.82, 2.24) is 14.9 Å². The number of carbonyl (C=O) groups is 1. The lowest BCUT2D eigenvalue weighted by Gasteiger charge is -2.33. The Kier molecular flexibility index (Phi) is 4.23. The third kappa shape index (κ3) is 2.88. The van der Waals surface area contributed by atoms with Gasteiger partial charge in [0.25, 0.3) is 5.91 Å². The van der Waals surface area contributed by atoms with Crippen molar-refractivity contribution < 1.29 is 4.79 Å². The predicted molar refractivity (Wildman–Crippen MR) is 103 cm³/mol. The summed E-state index contributed by atoms with van der Waals surface area (Å²) >= 11 is 6.09. The minimum absolute atomic E-state index is 0.00345. The lowest BCUT2D eigenvalue weighted by Crippen LogP contribution is -2.39. The molecule has 1 aromatic heterocycles. The molecule has 0 spiro atoms. The number of amides is 1. The molecule has 0 atom stereocenters. The molecule has 2 aliphatic rings. The summed E-state index contributed by atoms with van der Waals surface area (Å²) in [5.41, 5.74) is 3.59. The van der Waals surface area contributed by atoms with E-state index in [0.717, 1.165) is 35.7 Å². The van der Waals surface area contributed by atoms with Crippen LogP contribution in [0.15, 0.2) is 18.2 Å². The summed E-state index contributed by atoms with van der Waals surface area (Å²) in [7, 11) is 3.88. The van der Waals surface area contributed by atoms with E-state index < -0.39 is 0 Å². The number of hydrogen-bond acceptors (Lipinski definition) is 5. The van der Waals surface area contributed by atoms with Crippen molar-refractivity contribution in [3.8, 4) is 0 Å². The number of rotatable bonds is 3. The van der Waals surface area contributed by atoms with Crippen LogP contribution >= 0.6 is 11.6 Å². The molecule has 136 valence electrons. The van der Waals surface area contributed by atoms with Crippen molar-refractivity contribution in [2.45, 2.75) is 26.4 Å². The summed E-state index contributed by atoms with van der Waals surface area (Å²) in [6.45, 7) is 5.01. The normalized spacial score (nSPS) is 15.7. The summed E-state index contributed by atoms with van der Waals surface area (Å²) in [4.78, 5) is 28.4. The fraction of sp³-hybridized carbons (Fsp3) is 0.421. The largest absolute Gasteiger partial charge is 0.356 e. The van der Waals surface area contributed by atoms with Gasteiger partial charge in [0.15, 0.2) is 0 Å². The molecule has 1 amide bonds. The Labute approximate surface area is 158 Å². The smallest absolute Gasteiger partial charge is 0.254 e. The zero-order valence-corrected chi connectivity index (χ0v) is 16.0. The highest BCUT2D eigenvalue weighted by molar-refractivity contribution is 6.31. The van der Waals surface area contributed by atoms with E-state index in [0.29, 0.717) is 29.6 Å². The van der Waals surface area contributed by atoms with E-state index in [1.165, 1.54) is 6.42 Å². The van der Waals surface area contributed by atoms with E-state index >= 15 is 0 Å². The fourth-order valence-electron chi connectivity index (χ4n) is 3.32. The van der Waals surface area contributed by atoms with Gasteiger partial charge in [-0.2, -0.15) is 4.98 Å². The molecular formula is C19H22ClN5O. The van der Waals surface area contributed by atoms with E-state index in [-0.39, 0.29) is 5.91 Å². The van der Waals surface area contributed by atoms with E-state index in [1.54, 1.807) is 12.1 Å². The highest BCUT2D eigenvalue weighted by Crippen LogP contribution is 2.33. The summed E-state index contributed by atoms with van der Waals surface area (Å²) in [6, 6.07) is 5.41. The third-order valence-corrected chi connectivity index (χ3v) is 5.42. The topological polar surface area (TPSA) is 52.6 Å². The Bertz CT molecular complexity index is 878. The zero-order valence-electron chi connectivity index (χ0n) is 15.3. The molecule has 0 N–H and O–H groups in total. The molecule has 1 aromatic carbocycles. The molecule has 6 nitrogen and oxygen atoms in total. The maximum absolute atomic E-state index is 13.0. The van der Waals surface area contributed by atoms with Gasteiger partial charge in [0.1, 0.15) is 5.82 Å². The molecular weight excluding hydrogens is 350 g/mol. The first-order valence-corrected chi connectivity index (χ1v) is 9.19. The summed E-state index contributed by atoms with van der Waals surface area (Å²) in [5, 5.41) is 0.674. The second-order valence-electron chi connectivity index (χ2n) is 7.13. The van der Waals surface area contributed by atoms with Gasteiger partial charge in [-0.05, 0) is 37.1 Å². The molecule has 0 aliphatic carbocycles. The Morgan fingerprint density at radius 3 is 2.58 bits per heavy atom. The van der Waals surface area contributed by atoms with Crippen LogP contribution < -0.4 is 9.80 Å². The number of aryl methyl sites for hydroxylation is 1. The number of halogens is 1. The fourth-order valence-corrected chi connectivity index (χ4v) is 3.44. The quantitative estimate of drug-likeness (QED) is 0.830. The monoisotopic (exact) mass is 371 g/mol. The molecule has 3 heterocycles. The van der Waals surface area contributed by atoms with Gasteiger partial charge >= 0.3 is 0 Å². The van der Waals surface area contributed by atoms with Crippen LogP contribution in [0.4, 0.5) is 11.8 Å². The van der Waals surface area contributed by atoms with Crippen LogP contribution in [-0.4, -0.2) is 48.0 Å². The van der Waals surface area contributed by atoms with Crippen LogP contribution in [0.1, 0.15) is 33.6 Å². The molecule has 0 saturated carbocycles. The van der Waals surface area contributed by atoms with Crippen LogP contribution in [0.25, 0.3) is 0 Å².